The Kier molecular flexibility index (Phi) is 10.2. The summed E-state index contributed by atoms with van der Waals surface area (Å²) in [7, 11) is 0. The van der Waals surface area contributed by atoms with Gasteiger partial charge < -0.3 is 30.7 Å². The number of benzene rings is 2. The monoisotopic (exact) mass is 677 g/mol. The van der Waals surface area contributed by atoms with Crippen molar-refractivity contribution in [3.05, 3.63) is 120 Å². The third-order valence-electron chi connectivity index (χ3n) is 8.13. The molecule has 3 aromatic heterocycles. The number of fused-ring (bicyclic) bond motifs is 3. The molecule has 4 heterocycles. The Balaban J connectivity index is 1.30. The molecule has 0 radical (unpaired) electrons. The van der Waals surface area contributed by atoms with Crippen LogP contribution in [-0.2, 0) is 33.8 Å². The number of carbonyl (C=O) groups excluding carboxylic acids is 5. The maximum absolute atomic E-state index is 13.8. The first-order chi connectivity index (χ1) is 24.2. The van der Waals surface area contributed by atoms with Gasteiger partial charge in [0.25, 0.3) is 11.8 Å². The summed E-state index contributed by atoms with van der Waals surface area (Å²) in [5, 5.41) is 14.8. The molecule has 256 valence electrons. The molecule has 0 aliphatic carbocycles. The Bertz CT molecular complexity index is 1960. The van der Waals surface area contributed by atoms with E-state index in [4.69, 9.17) is 4.52 Å². The van der Waals surface area contributed by atoms with Crippen molar-refractivity contribution in [2.75, 3.05) is 13.1 Å². The Morgan fingerprint density at radius 2 is 1.52 bits per heavy atom. The van der Waals surface area contributed by atoms with Crippen LogP contribution < -0.4 is 21.3 Å². The highest BCUT2D eigenvalue weighted by Crippen LogP contribution is 2.13. The molecule has 5 aromatic rings. The number of nitrogens with one attached hydrogen (secondary N) is 4. The van der Waals surface area contributed by atoms with Gasteiger partial charge in [0, 0.05) is 50.6 Å². The van der Waals surface area contributed by atoms with Crippen LogP contribution in [0.25, 0.3) is 5.78 Å². The van der Waals surface area contributed by atoms with Crippen molar-refractivity contribution in [2.45, 2.75) is 44.4 Å². The number of rotatable bonds is 5. The minimum absolute atomic E-state index is 0.000526. The van der Waals surface area contributed by atoms with E-state index in [9.17, 15) is 24.0 Å². The van der Waals surface area contributed by atoms with Crippen LogP contribution in [0, 0.1) is 0 Å². The SMILES string of the molecule is C[C@@H]1NC(=O)c2cc(on2)CN(C(=O)c2cn3cccnc3n2)CCNC(=O)[C@@H](Cc2ccccc2)NC(=O)[C@H](Cc2ccccc2)NC1=O. The van der Waals surface area contributed by atoms with Crippen molar-refractivity contribution in [2.24, 2.45) is 0 Å². The van der Waals surface area contributed by atoms with Gasteiger partial charge in [-0.25, -0.2) is 9.97 Å². The average Bonchev–Trinajstić information content (AvgIpc) is 3.78. The third-order valence-corrected chi connectivity index (χ3v) is 8.13. The number of aromatic nitrogens is 4. The number of hydrogen-bond donors (Lipinski definition) is 4. The lowest BCUT2D eigenvalue weighted by Crippen LogP contribution is -2.57. The first kappa shape index (κ1) is 33.5. The Morgan fingerprint density at radius 3 is 2.20 bits per heavy atom. The van der Waals surface area contributed by atoms with Crippen molar-refractivity contribution in [1.29, 1.82) is 0 Å². The molecule has 15 heteroatoms. The minimum Gasteiger partial charge on any atom is -0.359 e. The Labute approximate surface area is 286 Å². The van der Waals surface area contributed by atoms with Crippen LogP contribution in [0.5, 0.6) is 0 Å². The van der Waals surface area contributed by atoms with Gasteiger partial charge in [-0.2, -0.15) is 0 Å². The van der Waals surface area contributed by atoms with E-state index in [1.54, 1.807) is 22.9 Å². The summed E-state index contributed by atoms with van der Waals surface area (Å²) in [5.41, 5.74) is 1.57. The number of nitrogens with zero attached hydrogens (tertiary/aromatic N) is 5. The lowest BCUT2D eigenvalue weighted by atomic mass is 10.0. The summed E-state index contributed by atoms with van der Waals surface area (Å²) in [6.45, 7) is 1.38. The maximum atomic E-state index is 13.8. The predicted molar refractivity (Wildman–Crippen MR) is 178 cm³/mol. The quantitative estimate of drug-likeness (QED) is 0.211. The van der Waals surface area contributed by atoms with Gasteiger partial charge in [-0.3, -0.25) is 28.4 Å². The van der Waals surface area contributed by atoms with Crippen LogP contribution in [0.2, 0.25) is 0 Å². The number of amides is 5. The molecule has 2 bridgehead atoms. The zero-order valence-corrected chi connectivity index (χ0v) is 27.1. The topological polar surface area (TPSA) is 193 Å². The van der Waals surface area contributed by atoms with Crippen molar-refractivity contribution in [3.8, 4) is 0 Å². The second-order valence-electron chi connectivity index (χ2n) is 11.8. The second kappa shape index (κ2) is 15.2. The summed E-state index contributed by atoms with van der Waals surface area (Å²) in [6, 6.07) is 18.2. The van der Waals surface area contributed by atoms with Crippen LogP contribution in [0.4, 0.5) is 0 Å². The van der Waals surface area contributed by atoms with Crippen molar-refractivity contribution < 1.29 is 28.5 Å². The molecule has 5 amide bonds. The summed E-state index contributed by atoms with van der Waals surface area (Å²) >= 11 is 0. The number of imidazole rings is 1. The third kappa shape index (κ3) is 8.18. The van der Waals surface area contributed by atoms with E-state index in [2.05, 4.69) is 36.4 Å². The summed E-state index contributed by atoms with van der Waals surface area (Å²) in [4.78, 5) is 77.6. The average molecular weight is 678 g/mol. The molecule has 0 saturated heterocycles. The first-order valence-corrected chi connectivity index (χ1v) is 16.1. The Morgan fingerprint density at radius 1 is 0.860 bits per heavy atom. The van der Waals surface area contributed by atoms with E-state index >= 15 is 0 Å². The molecular weight excluding hydrogens is 642 g/mol. The highest BCUT2D eigenvalue weighted by atomic mass is 16.5. The fourth-order valence-corrected chi connectivity index (χ4v) is 5.49. The van der Waals surface area contributed by atoms with E-state index in [1.165, 1.54) is 24.1 Å². The highest BCUT2D eigenvalue weighted by molar-refractivity contribution is 5.98. The van der Waals surface area contributed by atoms with Crippen LogP contribution in [-0.4, -0.2) is 85.2 Å². The fraction of sp³-hybridized carbons (Fsp3) is 0.257. The van der Waals surface area contributed by atoms with Crippen molar-refractivity contribution in [3.63, 3.8) is 0 Å². The van der Waals surface area contributed by atoms with E-state index in [0.717, 1.165) is 11.1 Å². The van der Waals surface area contributed by atoms with E-state index in [0.29, 0.717) is 5.78 Å². The molecule has 4 N–H and O–H groups in total. The molecule has 0 unspecified atom stereocenters. The van der Waals surface area contributed by atoms with E-state index in [1.807, 2.05) is 60.7 Å². The molecule has 6 rings (SSSR count). The van der Waals surface area contributed by atoms with Crippen LogP contribution in [0.1, 0.15) is 44.8 Å². The van der Waals surface area contributed by atoms with Crippen LogP contribution in [0.3, 0.4) is 0 Å². The van der Waals surface area contributed by atoms with Gasteiger partial charge in [0.2, 0.25) is 23.5 Å². The first-order valence-electron chi connectivity index (χ1n) is 16.1. The molecule has 0 saturated carbocycles. The van der Waals surface area contributed by atoms with Crippen LogP contribution in [0.15, 0.2) is 95.9 Å². The van der Waals surface area contributed by atoms with Gasteiger partial charge >= 0.3 is 0 Å². The zero-order valence-electron chi connectivity index (χ0n) is 27.1. The maximum Gasteiger partial charge on any atom is 0.274 e. The molecule has 0 spiro atoms. The smallest absolute Gasteiger partial charge is 0.274 e. The Hall–Kier alpha value is -6.38. The van der Waals surface area contributed by atoms with Gasteiger partial charge in [0.15, 0.2) is 11.5 Å². The van der Waals surface area contributed by atoms with Crippen molar-refractivity contribution in [1.82, 2.24) is 45.7 Å². The van der Waals surface area contributed by atoms with Gasteiger partial charge in [-0.15, -0.1) is 0 Å². The molecule has 1 aliphatic rings. The second-order valence-corrected chi connectivity index (χ2v) is 11.8. The molecule has 3 atom stereocenters. The molecule has 15 nitrogen and oxygen atoms in total. The normalized spacial score (nSPS) is 19.5. The lowest BCUT2D eigenvalue weighted by molar-refractivity contribution is -0.132. The summed E-state index contributed by atoms with van der Waals surface area (Å²) in [5.74, 6) is -2.35. The van der Waals surface area contributed by atoms with E-state index in [-0.39, 0.29) is 49.6 Å². The van der Waals surface area contributed by atoms with Gasteiger partial charge in [0.05, 0.1) is 6.54 Å². The van der Waals surface area contributed by atoms with Crippen molar-refractivity contribution >= 4 is 35.3 Å². The minimum atomic E-state index is -1.08. The van der Waals surface area contributed by atoms with Gasteiger partial charge in [-0.1, -0.05) is 65.8 Å². The van der Waals surface area contributed by atoms with Crippen LogP contribution >= 0.6 is 0 Å². The van der Waals surface area contributed by atoms with Gasteiger partial charge in [-0.05, 0) is 24.1 Å². The van der Waals surface area contributed by atoms with Gasteiger partial charge in [0.1, 0.15) is 23.8 Å². The number of carbonyl (C=O) groups is 5. The summed E-state index contributed by atoms with van der Waals surface area (Å²) < 4.78 is 7.01. The number of hydrogen-bond acceptors (Lipinski definition) is 9. The molecule has 2 aromatic carbocycles. The molecule has 50 heavy (non-hydrogen) atoms. The highest BCUT2D eigenvalue weighted by Gasteiger charge is 2.30. The predicted octanol–water partition coefficient (Wildman–Crippen LogP) is 1.06. The molecular formula is C35H35N9O6. The zero-order chi connectivity index (χ0) is 35.0. The summed E-state index contributed by atoms with van der Waals surface area (Å²) in [6.07, 6.45) is 5.09. The standard InChI is InChI=1S/C35H35N9O6/c1-22-30(45)39-27(18-24-11-6-3-7-12-24)32(47)40-26(17-23-9-4-2-5-10-23)31(46)36-14-16-43(20-25-19-28(42-50-25)33(48)38-22)34(49)29-21-44-15-8-13-37-35(44)41-29/h2-13,15,19,21-22,26-27H,14,16-18,20H2,1H3,(H,36,46)(H,38,48)(H,39,45)(H,40,47)/t22-,26+,27-/m0/s1. The lowest BCUT2D eigenvalue weighted by Gasteiger charge is -2.25. The molecule has 1 aliphatic heterocycles. The molecule has 0 fully saturated rings. The largest absolute Gasteiger partial charge is 0.359 e. The van der Waals surface area contributed by atoms with E-state index < -0.39 is 47.7 Å². The fourth-order valence-electron chi connectivity index (χ4n) is 5.49.